The Labute approximate surface area is 55.3 Å². The molecule has 1 N–H and O–H groups in total. The molecule has 0 aromatic carbocycles. The Hall–Kier alpha value is -0.340. The van der Waals surface area contributed by atoms with Crippen molar-refractivity contribution >= 4 is 0 Å². The van der Waals surface area contributed by atoms with E-state index in [4.69, 9.17) is 0 Å². The predicted octanol–water partition coefficient (Wildman–Crippen LogP) is 0.444. The van der Waals surface area contributed by atoms with Crippen LogP contribution in [0.3, 0.4) is 0 Å². The van der Waals surface area contributed by atoms with Crippen molar-refractivity contribution < 1.29 is 0 Å². The molecule has 1 radical (unpaired) electrons. The molecule has 0 bridgehead atoms. The molecule has 1 fully saturated rings. The first-order valence-corrected chi connectivity index (χ1v) is 3.56. The van der Waals surface area contributed by atoms with Crippen molar-refractivity contribution in [2.24, 2.45) is 5.92 Å². The minimum atomic E-state index is 0.593. The maximum Gasteiger partial charge on any atom is 0.0494 e. The van der Waals surface area contributed by atoms with E-state index in [0.29, 0.717) is 12.0 Å². The first-order valence-electron chi connectivity index (χ1n) is 3.56. The van der Waals surface area contributed by atoms with E-state index < -0.39 is 0 Å². The Morgan fingerprint density at radius 3 is 3.44 bits per heavy atom. The zero-order valence-corrected chi connectivity index (χ0v) is 5.38. The minimum absolute atomic E-state index is 0.593. The summed E-state index contributed by atoms with van der Waals surface area (Å²) in [5.74, 6) is 0.707. The lowest BCUT2D eigenvalue weighted by Gasteiger charge is -2.16. The fraction of sp³-hybridized carbons (Fsp3) is 0.714. The van der Waals surface area contributed by atoms with Gasteiger partial charge in [0.25, 0.3) is 0 Å². The van der Waals surface area contributed by atoms with Crippen LogP contribution in [0.5, 0.6) is 0 Å². The third kappa shape index (κ3) is 0.884. The van der Waals surface area contributed by atoms with Crippen molar-refractivity contribution in [1.29, 1.82) is 0 Å². The van der Waals surface area contributed by atoms with Gasteiger partial charge in [0.2, 0.25) is 0 Å². The summed E-state index contributed by atoms with van der Waals surface area (Å²) in [7, 11) is 0. The third-order valence-corrected chi connectivity index (χ3v) is 2.09. The molecule has 1 aliphatic heterocycles. The van der Waals surface area contributed by atoms with Gasteiger partial charge >= 0.3 is 0 Å². The van der Waals surface area contributed by atoms with Crippen LogP contribution in [0.25, 0.3) is 0 Å². The number of rotatable bonds is 0. The van der Waals surface area contributed by atoms with Gasteiger partial charge in [-0.3, -0.25) is 0 Å². The number of nitrogens with zero attached hydrogens (tertiary/aromatic N) is 1. The Kier molecular flexibility index (Phi) is 1.28. The molecule has 0 saturated carbocycles. The van der Waals surface area contributed by atoms with Crippen molar-refractivity contribution in [1.82, 2.24) is 10.9 Å². The van der Waals surface area contributed by atoms with Gasteiger partial charge in [-0.05, 0) is 12.8 Å². The zero-order valence-electron chi connectivity index (χ0n) is 5.38. The lowest BCUT2D eigenvalue weighted by Crippen LogP contribution is -2.24. The monoisotopic (exact) mass is 123 g/mol. The minimum Gasteiger partial charge on any atom is -0.239 e. The van der Waals surface area contributed by atoms with Crippen LogP contribution in [0.4, 0.5) is 0 Å². The average Bonchev–Trinajstić information content (AvgIpc) is 2.33. The first-order chi connectivity index (χ1) is 4.47. The van der Waals surface area contributed by atoms with E-state index in [1.54, 1.807) is 0 Å². The molecule has 2 unspecified atom stereocenters. The van der Waals surface area contributed by atoms with Gasteiger partial charge in [0.1, 0.15) is 0 Å². The number of allylic oxidation sites excluding steroid dienone is 1. The van der Waals surface area contributed by atoms with Crippen molar-refractivity contribution in [3.05, 3.63) is 12.2 Å². The summed E-state index contributed by atoms with van der Waals surface area (Å²) < 4.78 is 0. The summed E-state index contributed by atoms with van der Waals surface area (Å²) in [6.07, 6.45) is 7.02. The molecular weight excluding hydrogens is 112 g/mol. The molecule has 0 aromatic heterocycles. The van der Waals surface area contributed by atoms with E-state index in [9.17, 15) is 0 Å². The molecule has 2 aliphatic rings. The van der Waals surface area contributed by atoms with Crippen LogP contribution in [0.1, 0.15) is 12.8 Å². The molecular formula is C7H11N2. The fourth-order valence-electron chi connectivity index (χ4n) is 1.52. The van der Waals surface area contributed by atoms with Crippen LogP contribution in [0.2, 0.25) is 0 Å². The quantitative estimate of drug-likeness (QED) is 0.465. The molecule has 9 heavy (non-hydrogen) atoms. The van der Waals surface area contributed by atoms with Gasteiger partial charge in [0.15, 0.2) is 0 Å². The average molecular weight is 123 g/mol. The molecule has 2 atom stereocenters. The van der Waals surface area contributed by atoms with Crippen molar-refractivity contribution in [3.63, 3.8) is 0 Å². The highest BCUT2D eigenvalue weighted by Gasteiger charge is 2.26. The molecule has 2 rings (SSSR count). The van der Waals surface area contributed by atoms with Gasteiger partial charge in [-0.1, -0.05) is 12.2 Å². The smallest absolute Gasteiger partial charge is 0.0494 e. The molecule has 1 heterocycles. The van der Waals surface area contributed by atoms with E-state index in [-0.39, 0.29) is 0 Å². The second kappa shape index (κ2) is 2.12. The van der Waals surface area contributed by atoms with Gasteiger partial charge in [-0.2, -0.15) is 5.43 Å². The van der Waals surface area contributed by atoms with Crippen LogP contribution in [0, 0.1) is 5.92 Å². The van der Waals surface area contributed by atoms with E-state index in [2.05, 4.69) is 23.0 Å². The second-order valence-corrected chi connectivity index (χ2v) is 2.73. The van der Waals surface area contributed by atoms with Gasteiger partial charge < -0.3 is 0 Å². The van der Waals surface area contributed by atoms with E-state index in [1.165, 1.54) is 12.8 Å². The SMILES string of the molecule is C1=CC2CN[N]C2CC1. The Bertz CT molecular complexity index is 131. The topological polar surface area (TPSA) is 26.1 Å². The number of fused-ring (bicyclic) bond motifs is 1. The fourth-order valence-corrected chi connectivity index (χ4v) is 1.52. The van der Waals surface area contributed by atoms with Gasteiger partial charge in [0, 0.05) is 18.5 Å². The van der Waals surface area contributed by atoms with Crippen molar-refractivity contribution in [2.45, 2.75) is 18.9 Å². The first kappa shape index (κ1) is 5.45. The van der Waals surface area contributed by atoms with Crippen molar-refractivity contribution in [3.8, 4) is 0 Å². The van der Waals surface area contributed by atoms with Crippen molar-refractivity contribution in [2.75, 3.05) is 6.54 Å². The number of hydrogen-bond acceptors (Lipinski definition) is 1. The van der Waals surface area contributed by atoms with E-state index in [0.717, 1.165) is 6.54 Å². The van der Waals surface area contributed by atoms with Crippen LogP contribution in [-0.4, -0.2) is 12.6 Å². The highest BCUT2D eigenvalue weighted by molar-refractivity contribution is 5.02. The summed E-state index contributed by atoms with van der Waals surface area (Å²) in [5.41, 5.74) is 7.29. The molecule has 0 amide bonds. The lowest BCUT2D eigenvalue weighted by molar-refractivity contribution is 0.460. The number of hydrogen-bond donors (Lipinski definition) is 1. The normalized spacial score (nSPS) is 40.9. The Morgan fingerprint density at radius 1 is 1.56 bits per heavy atom. The standard InChI is InChI=1S/C7H11N2/c1-2-4-7-6(3-1)5-8-9-7/h1,3,6-8H,2,4-5H2. The van der Waals surface area contributed by atoms with E-state index in [1.807, 2.05) is 0 Å². The van der Waals surface area contributed by atoms with Gasteiger partial charge in [-0.25, -0.2) is 5.43 Å². The van der Waals surface area contributed by atoms with E-state index >= 15 is 0 Å². The molecule has 1 aliphatic carbocycles. The predicted molar refractivity (Wildman–Crippen MR) is 35.8 cm³/mol. The molecule has 1 saturated heterocycles. The van der Waals surface area contributed by atoms with Crippen LogP contribution in [0.15, 0.2) is 12.2 Å². The summed E-state index contributed by atoms with van der Waals surface area (Å²) in [6.45, 7) is 1.06. The highest BCUT2D eigenvalue weighted by atomic mass is 15.4. The van der Waals surface area contributed by atoms with Crippen LogP contribution in [-0.2, 0) is 0 Å². The second-order valence-electron chi connectivity index (χ2n) is 2.73. The maximum absolute atomic E-state index is 4.26. The highest BCUT2D eigenvalue weighted by Crippen LogP contribution is 2.20. The number of nitrogens with one attached hydrogen (secondary N) is 1. The molecule has 2 nitrogen and oxygen atoms in total. The summed E-state index contributed by atoms with van der Waals surface area (Å²) >= 11 is 0. The maximum atomic E-state index is 4.26. The molecule has 49 valence electrons. The Balaban J connectivity index is 2.10. The zero-order chi connectivity index (χ0) is 6.10. The molecule has 2 heteroatoms. The summed E-state index contributed by atoms with van der Waals surface area (Å²) in [4.78, 5) is 0. The van der Waals surface area contributed by atoms with Gasteiger partial charge in [0.05, 0.1) is 0 Å². The lowest BCUT2D eigenvalue weighted by atomic mass is 9.92. The van der Waals surface area contributed by atoms with Crippen LogP contribution >= 0.6 is 0 Å². The summed E-state index contributed by atoms with van der Waals surface area (Å²) in [6, 6.07) is 0.593. The van der Waals surface area contributed by atoms with Gasteiger partial charge in [-0.15, -0.1) is 0 Å². The summed E-state index contributed by atoms with van der Waals surface area (Å²) in [5, 5.41) is 0. The van der Waals surface area contributed by atoms with Crippen LogP contribution < -0.4 is 10.9 Å². The largest absolute Gasteiger partial charge is 0.239 e. The third-order valence-electron chi connectivity index (χ3n) is 2.09. The molecule has 0 spiro atoms. The Morgan fingerprint density at radius 2 is 2.56 bits per heavy atom. The molecule has 0 aromatic rings.